The maximum atomic E-state index is 12.4. The van der Waals surface area contributed by atoms with Crippen molar-refractivity contribution in [1.29, 1.82) is 0 Å². The van der Waals surface area contributed by atoms with Crippen molar-refractivity contribution in [2.24, 2.45) is 0 Å². The van der Waals surface area contributed by atoms with E-state index in [4.69, 9.17) is 4.74 Å². The Labute approximate surface area is 169 Å². The van der Waals surface area contributed by atoms with Gasteiger partial charge in [0, 0.05) is 23.2 Å². The monoisotopic (exact) mass is 387 g/mol. The highest BCUT2D eigenvalue weighted by atomic mass is 16.5. The summed E-state index contributed by atoms with van der Waals surface area (Å²) < 4.78 is 5.35. The molecule has 3 aromatic rings. The van der Waals surface area contributed by atoms with E-state index in [1.165, 1.54) is 0 Å². The lowest BCUT2D eigenvalue weighted by atomic mass is 10.0. The number of ketones is 1. The summed E-state index contributed by atoms with van der Waals surface area (Å²) in [5.74, 6) is -0.664. The number of esters is 1. The lowest BCUT2D eigenvalue weighted by molar-refractivity contribution is -0.115. The van der Waals surface area contributed by atoms with Crippen molar-refractivity contribution in [3.05, 3.63) is 101 Å². The molecule has 0 saturated carbocycles. The van der Waals surface area contributed by atoms with Gasteiger partial charge in [0.1, 0.15) is 6.61 Å². The summed E-state index contributed by atoms with van der Waals surface area (Å²) in [4.78, 5) is 36.2. The molecule has 3 rings (SSSR count). The molecule has 3 aromatic carbocycles. The first-order valence-electron chi connectivity index (χ1n) is 9.32. The minimum Gasteiger partial charge on any atom is -0.457 e. The van der Waals surface area contributed by atoms with Crippen LogP contribution >= 0.6 is 0 Å². The van der Waals surface area contributed by atoms with E-state index in [0.717, 1.165) is 5.56 Å². The highest BCUT2D eigenvalue weighted by molar-refractivity contribution is 6.08. The second-order valence-electron chi connectivity index (χ2n) is 6.45. The number of anilines is 1. The van der Waals surface area contributed by atoms with Gasteiger partial charge in [-0.15, -0.1) is 0 Å². The van der Waals surface area contributed by atoms with Gasteiger partial charge in [-0.05, 0) is 23.8 Å². The molecule has 0 bridgehead atoms. The zero-order valence-corrected chi connectivity index (χ0v) is 16.1. The van der Waals surface area contributed by atoms with Crippen LogP contribution in [0.1, 0.15) is 45.2 Å². The van der Waals surface area contributed by atoms with E-state index in [2.05, 4.69) is 5.32 Å². The summed E-state index contributed by atoms with van der Waals surface area (Å²) in [7, 11) is 0. The van der Waals surface area contributed by atoms with Gasteiger partial charge in [-0.3, -0.25) is 9.59 Å². The van der Waals surface area contributed by atoms with Crippen molar-refractivity contribution in [1.82, 2.24) is 0 Å². The molecule has 0 aromatic heterocycles. The van der Waals surface area contributed by atoms with Crippen LogP contribution in [0.2, 0.25) is 0 Å². The van der Waals surface area contributed by atoms with Crippen LogP contribution in [-0.2, 0) is 16.1 Å². The van der Waals surface area contributed by atoms with Gasteiger partial charge in [-0.2, -0.15) is 0 Å². The van der Waals surface area contributed by atoms with Gasteiger partial charge in [0.15, 0.2) is 5.78 Å². The van der Waals surface area contributed by atoms with Gasteiger partial charge in [-0.25, -0.2) is 4.79 Å². The van der Waals surface area contributed by atoms with E-state index in [0.29, 0.717) is 28.8 Å². The third-order valence-corrected chi connectivity index (χ3v) is 4.33. The van der Waals surface area contributed by atoms with Crippen molar-refractivity contribution in [3.8, 4) is 0 Å². The summed E-state index contributed by atoms with van der Waals surface area (Å²) in [6.07, 6.45) is 0.359. The topological polar surface area (TPSA) is 72.5 Å². The number of nitrogens with one attached hydrogen (secondary N) is 1. The molecule has 5 heteroatoms. The number of benzene rings is 3. The molecular formula is C24H21NO4. The summed E-state index contributed by atoms with van der Waals surface area (Å²) in [6.45, 7) is 1.84. The molecule has 0 fully saturated rings. The normalized spacial score (nSPS) is 10.2. The standard InChI is InChI=1S/C24H21NO4/c1-2-22(26)25-21-10-6-9-20(15-21)24(28)29-16-17-11-13-19(14-12-17)23(27)18-7-4-3-5-8-18/h3-15H,2,16H2,1H3,(H,25,26). The van der Waals surface area contributed by atoms with Crippen molar-refractivity contribution in [3.63, 3.8) is 0 Å². The molecule has 29 heavy (non-hydrogen) atoms. The maximum absolute atomic E-state index is 12.4. The van der Waals surface area contributed by atoms with Gasteiger partial charge in [0.25, 0.3) is 0 Å². The molecule has 146 valence electrons. The zero-order chi connectivity index (χ0) is 20.6. The Balaban J connectivity index is 1.60. The number of carbonyl (C=O) groups is 3. The molecule has 0 atom stereocenters. The van der Waals surface area contributed by atoms with Crippen LogP contribution < -0.4 is 5.32 Å². The average molecular weight is 387 g/mol. The summed E-state index contributed by atoms with van der Waals surface area (Å²) in [5, 5.41) is 2.71. The lowest BCUT2D eigenvalue weighted by Gasteiger charge is -2.08. The van der Waals surface area contributed by atoms with Gasteiger partial charge in [0.2, 0.25) is 5.91 Å². The first-order valence-corrected chi connectivity index (χ1v) is 9.32. The summed E-state index contributed by atoms with van der Waals surface area (Å²) >= 11 is 0. The Hall–Kier alpha value is -3.73. The van der Waals surface area contributed by atoms with Crippen LogP contribution in [0.5, 0.6) is 0 Å². The van der Waals surface area contributed by atoms with Gasteiger partial charge in [-0.1, -0.05) is 67.6 Å². The molecule has 0 spiro atoms. The van der Waals surface area contributed by atoms with Gasteiger partial charge in [0.05, 0.1) is 5.56 Å². The van der Waals surface area contributed by atoms with Crippen LogP contribution in [0.4, 0.5) is 5.69 Å². The number of ether oxygens (including phenoxy) is 1. The predicted molar refractivity (Wildman–Crippen MR) is 111 cm³/mol. The van der Waals surface area contributed by atoms with Crippen molar-refractivity contribution >= 4 is 23.3 Å². The van der Waals surface area contributed by atoms with Crippen molar-refractivity contribution < 1.29 is 19.1 Å². The summed E-state index contributed by atoms with van der Waals surface area (Å²) in [5.41, 5.74) is 2.88. The fourth-order valence-corrected chi connectivity index (χ4v) is 2.71. The van der Waals surface area contributed by atoms with E-state index >= 15 is 0 Å². The minimum absolute atomic E-state index is 0.0555. The second kappa shape index (κ2) is 9.46. The molecule has 5 nitrogen and oxygen atoms in total. The fraction of sp³-hybridized carbons (Fsp3) is 0.125. The third-order valence-electron chi connectivity index (χ3n) is 4.33. The maximum Gasteiger partial charge on any atom is 0.338 e. The van der Waals surface area contributed by atoms with E-state index < -0.39 is 5.97 Å². The van der Waals surface area contributed by atoms with E-state index in [-0.39, 0.29) is 18.3 Å². The number of amides is 1. The first kappa shape index (κ1) is 20.0. The van der Waals surface area contributed by atoms with Crippen molar-refractivity contribution in [2.45, 2.75) is 20.0 Å². The Morgan fingerprint density at radius 1 is 0.793 bits per heavy atom. The fourth-order valence-electron chi connectivity index (χ4n) is 2.71. The van der Waals surface area contributed by atoms with Crippen LogP contribution in [0, 0.1) is 0 Å². The predicted octanol–water partition coefficient (Wildman–Crippen LogP) is 4.62. The van der Waals surface area contributed by atoms with E-state index in [1.54, 1.807) is 67.6 Å². The Kier molecular flexibility index (Phi) is 6.53. The number of hydrogen-bond acceptors (Lipinski definition) is 4. The minimum atomic E-state index is -0.484. The molecule has 0 saturated heterocycles. The third kappa shape index (κ3) is 5.39. The Morgan fingerprint density at radius 3 is 2.14 bits per heavy atom. The first-order chi connectivity index (χ1) is 14.1. The Morgan fingerprint density at radius 2 is 1.45 bits per heavy atom. The molecule has 0 radical (unpaired) electrons. The van der Waals surface area contributed by atoms with E-state index in [1.807, 2.05) is 18.2 Å². The van der Waals surface area contributed by atoms with Crippen LogP contribution in [0.3, 0.4) is 0 Å². The number of rotatable bonds is 7. The van der Waals surface area contributed by atoms with Crippen LogP contribution in [0.25, 0.3) is 0 Å². The molecule has 0 unspecified atom stereocenters. The zero-order valence-electron chi connectivity index (χ0n) is 16.1. The molecule has 1 N–H and O–H groups in total. The van der Waals surface area contributed by atoms with Gasteiger partial charge >= 0.3 is 5.97 Å². The smallest absolute Gasteiger partial charge is 0.338 e. The largest absolute Gasteiger partial charge is 0.457 e. The van der Waals surface area contributed by atoms with E-state index in [9.17, 15) is 14.4 Å². The second-order valence-corrected chi connectivity index (χ2v) is 6.45. The molecule has 0 aliphatic heterocycles. The van der Waals surface area contributed by atoms with Crippen LogP contribution in [-0.4, -0.2) is 17.7 Å². The highest BCUT2D eigenvalue weighted by Gasteiger charge is 2.11. The van der Waals surface area contributed by atoms with Gasteiger partial charge < -0.3 is 10.1 Å². The molecule has 1 amide bonds. The summed E-state index contributed by atoms with van der Waals surface area (Å²) in [6, 6.07) is 22.6. The molecule has 0 heterocycles. The number of hydrogen-bond donors (Lipinski definition) is 1. The molecular weight excluding hydrogens is 366 g/mol. The quantitative estimate of drug-likeness (QED) is 0.474. The average Bonchev–Trinajstić information content (AvgIpc) is 2.78. The lowest BCUT2D eigenvalue weighted by Crippen LogP contribution is -2.11. The molecule has 0 aliphatic rings. The molecule has 0 aliphatic carbocycles. The number of carbonyl (C=O) groups excluding carboxylic acids is 3. The van der Waals surface area contributed by atoms with Crippen molar-refractivity contribution in [2.75, 3.05) is 5.32 Å². The Bertz CT molecular complexity index is 1010. The van der Waals surface area contributed by atoms with Crippen LogP contribution in [0.15, 0.2) is 78.9 Å². The highest BCUT2D eigenvalue weighted by Crippen LogP contribution is 2.15. The SMILES string of the molecule is CCC(=O)Nc1cccc(C(=O)OCc2ccc(C(=O)c3ccccc3)cc2)c1.